The van der Waals surface area contributed by atoms with Crippen LogP contribution in [0.3, 0.4) is 0 Å². The average molecular weight is 402 g/mol. The SMILES string of the molecule is CC(C)NC(=O)c1ccc(OCc2c(-c3ccc(Cl)cc3)noc2CO)nc1. The number of amides is 1. The van der Waals surface area contributed by atoms with E-state index in [1.807, 2.05) is 26.0 Å². The Morgan fingerprint density at radius 2 is 2.00 bits per heavy atom. The van der Waals surface area contributed by atoms with Crippen molar-refractivity contribution < 1.29 is 19.2 Å². The normalized spacial score (nSPS) is 10.9. The van der Waals surface area contributed by atoms with E-state index >= 15 is 0 Å². The summed E-state index contributed by atoms with van der Waals surface area (Å²) >= 11 is 5.93. The maximum Gasteiger partial charge on any atom is 0.253 e. The third kappa shape index (κ3) is 4.68. The van der Waals surface area contributed by atoms with Crippen LogP contribution in [0.1, 0.15) is 35.5 Å². The highest BCUT2D eigenvalue weighted by molar-refractivity contribution is 6.30. The number of halogens is 1. The Bertz CT molecular complexity index is 937. The van der Waals surface area contributed by atoms with Gasteiger partial charge in [-0.2, -0.15) is 0 Å². The van der Waals surface area contributed by atoms with Crippen molar-refractivity contribution in [3.05, 3.63) is 64.5 Å². The number of hydrogen-bond acceptors (Lipinski definition) is 6. The largest absolute Gasteiger partial charge is 0.473 e. The highest BCUT2D eigenvalue weighted by atomic mass is 35.5. The predicted octanol–water partition coefficient (Wildman–Crippen LogP) is 3.60. The Labute approximate surface area is 167 Å². The Morgan fingerprint density at radius 3 is 2.61 bits per heavy atom. The summed E-state index contributed by atoms with van der Waals surface area (Å²) in [7, 11) is 0. The molecule has 0 bridgehead atoms. The van der Waals surface area contributed by atoms with Crippen molar-refractivity contribution in [3.63, 3.8) is 0 Å². The molecule has 0 aliphatic carbocycles. The summed E-state index contributed by atoms with van der Waals surface area (Å²) in [6, 6.07) is 10.4. The molecule has 0 atom stereocenters. The average Bonchev–Trinajstić information content (AvgIpc) is 3.09. The van der Waals surface area contributed by atoms with Gasteiger partial charge in [0.2, 0.25) is 5.88 Å². The zero-order valence-electron chi connectivity index (χ0n) is 15.5. The van der Waals surface area contributed by atoms with E-state index in [1.54, 1.807) is 24.3 Å². The van der Waals surface area contributed by atoms with Crippen molar-refractivity contribution in [1.29, 1.82) is 0 Å². The van der Waals surface area contributed by atoms with E-state index in [0.717, 1.165) is 5.56 Å². The number of carbonyl (C=O) groups is 1. The van der Waals surface area contributed by atoms with E-state index in [1.165, 1.54) is 6.20 Å². The van der Waals surface area contributed by atoms with Crippen LogP contribution in [0.25, 0.3) is 11.3 Å². The van der Waals surface area contributed by atoms with Crippen LogP contribution in [0, 0.1) is 0 Å². The van der Waals surface area contributed by atoms with Gasteiger partial charge >= 0.3 is 0 Å². The minimum Gasteiger partial charge on any atom is -0.473 e. The first-order chi connectivity index (χ1) is 13.5. The van der Waals surface area contributed by atoms with Crippen LogP contribution in [0.2, 0.25) is 5.02 Å². The van der Waals surface area contributed by atoms with Gasteiger partial charge in [-0.1, -0.05) is 28.9 Å². The van der Waals surface area contributed by atoms with Crippen molar-refractivity contribution in [3.8, 4) is 17.1 Å². The molecule has 3 rings (SSSR count). The topological polar surface area (TPSA) is 97.5 Å². The van der Waals surface area contributed by atoms with Crippen LogP contribution in [0.4, 0.5) is 0 Å². The van der Waals surface area contributed by atoms with Gasteiger partial charge in [-0.15, -0.1) is 0 Å². The molecule has 3 aromatic rings. The number of aromatic nitrogens is 2. The number of hydrogen-bond donors (Lipinski definition) is 2. The number of pyridine rings is 1. The smallest absolute Gasteiger partial charge is 0.253 e. The van der Waals surface area contributed by atoms with Crippen LogP contribution in [-0.4, -0.2) is 27.2 Å². The van der Waals surface area contributed by atoms with E-state index in [9.17, 15) is 9.90 Å². The molecule has 2 heterocycles. The minimum atomic E-state index is -0.305. The van der Waals surface area contributed by atoms with Gasteiger partial charge in [0.1, 0.15) is 18.9 Å². The van der Waals surface area contributed by atoms with Crippen molar-refractivity contribution in [2.24, 2.45) is 0 Å². The molecule has 7 nitrogen and oxygen atoms in total. The Balaban J connectivity index is 1.74. The highest BCUT2D eigenvalue weighted by Crippen LogP contribution is 2.28. The van der Waals surface area contributed by atoms with Crippen LogP contribution < -0.4 is 10.1 Å². The van der Waals surface area contributed by atoms with Crippen molar-refractivity contribution in [2.45, 2.75) is 33.1 Å². The first-order valence-electron chi connectivity index (χ1n) is 8.72. The van der Waals surface area contributed by atoms with Gasteiger partial charge in [0.15, 0.2) is 5.76 Å². The lowest BCUT2D eigenvalue weighted by molar-refractivity contribution is 0.0942. The van der Waals surface area contributed by atoms with Crippen LogP contribution in [0.5, 0.6) is 5.88 Å². The number of ether oxygens (including phenoxy) is 1. The number of aliphatic hydroxyl groups is 1. The second-order valence-corrected chi connectivity index (χ2v) is 6.84. The Morgan fingerprint density at radius 1 is 1.25 bits per heavy atom. The number of rotatable bonds is 7. The maximum absolute atomic E-state index is 12.0. The van der Waals surface area contributed by atoms with E-state index in [-0.39, 0.29) is 25.2 Å². The molecule has 0 spiro atoms. The third-order valence-corrected chi connectivity index (χ3v) is 4.17. The monoisotopic (exact) mass is 401 g/mol. The lowest BCUT2D eigenvalue weighted by Crippen LogP contribution is -2.30. The van der Waals surface area contributed by atoms with Gasteiger partial charge < -0.3 is 19.7 Å². The molecule has 28 heavy (non-hydrogen) atoms. The lowest BCUT2D eigenvalue weighted by Gasteiger charge is -2.09. The molecule has 0 aliphatic heterocycles. The summed E-state index contributed by atoms with van der Waals surface area (Å²) in [5, 5.41) is 17.0. The quantitative estimate of drug-likeness (QED) is 0.627. The summed E-state index contributed by atoms with van der Waals surface area (Å²) in [6.45, 7) is 3.57. The molecule has 0 fully saturated rings. The summed E-state index contributed by atoms with van der Waals surface area (Å²) in [4.78, 5) is 16.1. The molecule has 0 aliphatic rings. The highest BCUT2D eigenvalue weighted by Gasteiger charge is 2.18. The van der Waals surface area contributed by atoms with Crippen molar-refractivity contribution in [1.82, 2.24) is 15.5 Å². The molecule has 0 saturated heterocycles. The molecular weight excluding hydrogens is 382 g/mol. The second-order valence-electron chi connectivity index (χ2n) is 6.40. The molecule has 2 aromatic heterocycles. The fourth-order valence-corrected chi connectivity index (χ4v) is 2.67. The molecule has 1 amide bonds. The van der Waals surface area contributed by atoms with Gasteiger partial charge in [-0.3, -0.25) is 4.79 Å². The predicted molar refractivity (Wildman–Crippen MR) is 104 cm³/mol. The summed E-state index contributed by atoms with van der Waals surface area (Å²) < 4.78 is 10.9. The zero-order chi connectivity index (χ0) is 20.1. The maximum atomic E-state index is 12.0. The molecule has 0 saturated carbocycles. The number of aliphatic hydroxyl groups excluding tert-OH is 1. The molecule has 2 N–H and O–H groups in total. The summed E-state index contributed by atoms with van der Waals surface area (Å²) in [6.07, 6.45) is 1.45. The molecule has 1 aromatic carbocycles. The van der Waals surface area contributed by atoms with E-state index in [2.05, 4.69) is 15.5 Å². The van der Waals surface area contributed by atoms with Crippen LogP contribution in [0.15, 0.2) is 47.1 Å². The van der Waals surface area contributed by atoms with E-state index < -0.39 is 0 Å². The van der Waals surface area contributed by atoms with Crippen LogP contribution >= 0.6 is 11.6 Å². The van der Waals surface area contributed by atoms with Crippen molar-refractivity contribution >= 4 is 17.5 Å². The first-order valence-corrected chi connectivity index (χ1v) is 9.09. The minimum absolute atomic E-state index is 0.0419. The van der Waals surface area contributed by atoms with Crippen molar-refractivity contribution in [2.75, 3.05) is 0 Å². The van der Waals surface area contributed by atoms with E-state index in [0.29, 0.717) is 33.5 Å². The van der Waals surface area contributed by atoms with Gasteiger partial charge in [0.05, 0.1) is 11.1 Å². The number of nitrogens with one attached hydrogen (secondary N) is 1. The molecule has 0 unspecified atom stereocenters. The first kappa shape index (κ1) is 19.9. The molecule has 0 radical (unpaired) electrons. The number of nitrogens with zero attached hydrogens (tertiary/aromatic N) is 2. The summed E-state index contributed by atoms with van der Waals surface area (Å²) in [5.41, 5.74) is 2.42. The molecule has 146 valence electrons. The van der Waals surface area contributed by atoms with Gasteiger partial charge in [-0.25, -0.2) is 4.98 Å². The molecular formula is C20H20ClN3O4. The van der Waals surface area contributed by atoms with Crippen LogP contribution in [-0.2, 0) is 13.2 Å². The fourth-order valence-electron chi connectivity index (χ4n) is 2.54. The Hall–Kier alpha value is -2.90. The Kier molecular flexibility index (Phi) is 6.28. The number of carbonyl (C=O) groups excluding carboxylic acids is 1. The third-order valence-electron chi connectivity index (χ3n) is 3.91. The van der Waals surface area contributed by atoms with Gasteiger partial charge in [0.25, 0.3) is 5.91 Å². The lowest BCUT2D eigenvalue weighted by atomic mass is 10.1. The second kappa shape index (κ2) is 8.86. The molecule has 8 heteroatoms. The van der Waals surface area contributed by atoms with Gasteiger partial charge in [-0.05, 0) is 32.0 Å². The zero-order valence-corrected chi connectivity index (χ0v) is 16.2. The number of benzene rings is 1. The van der Waals surface area contributed by atoms with Gasteiger partial charge in [0, 0.05) is 28.9 Å². The standard InChI is InChI=1S/C20H20ClN3O4/c1-12(2)23-20(26)14-5-8-18(22-9-14)27-11-16-17(10-25)28-24-19(16)13-3-6-15(21)7-4-13/h3-9,12,25H,10-11H2,1-2H3,(H,23,26). The van der Waals surface area contributed by atoms with E-state index in [4.69, 9.17) is 20.9 Å². The fraction of sp³-hybridized carbons (Fsp3) is 0.250. The summed E-state index contributed by atoms with van der Waals surface area (Å²) in [5.74, 6) is 0.465.